The van der Waals surface area contributed by atoms with Gasteiger partial charge in [-0.2, -0.15) is 9.50 Å². The summed E-state index contributed by atoms with van der Waals surface area (Å²) < 4.78 is 1.42. The predicted molar refractivity (Wildman–Crippen MR) is 97.5 cm³/mol. The number of hydrogen-bond acceptors (Lipinski definition) is 4. The summed E-state index contributed by atoms with van der Waals surface area (Å²) in [7, 11) is 0. The first-order valence-corrected chi connectivity index (χ1v) is 8.90. The number of H-pyrrole nitrogens is 1. The van der Waals surface area contributed by atoms with Gasteiger partial charge in [-0.3, -0.25) is 14.8 Å². The Bertz CT molecular complexity index is 958. The Kier molecular flexibility index (Phi) is 4.13. The number of likely N-dealkylation sites (tertiary alicyclic amines) is 1. The molecule has 0 radical (unpaired) electrons. The highest BCUT2D eigenvalue weighted by molar-refractivity contribution is 5.57. The average molecular weight is 337 g/mol. The van der Waals surface area contributed by atoms with Crippen LogP contribution in [0.15, 0.2) is 35.1 Å². The Morgan fingerprint density at radius 2 is 2.12 bits per heavy atom. The van der Waals surface area contributed by atoms with Gasteiger partial charge in [0.1, 0.15) is 0 Å². The van der Waals surface area contributed by atoms with E-state index in [1.54, 1.807) is 6.07 Å². The molecule has 3 aromatic rings. The zero-order valence-electron chi connectivity index (χ0n) is 14.7. The minimum Gasteiger partial charge on any atom is -0.295 e. The van der Waals surface area contributed by atoms with Gasteiger partial charge in [-0.15, -0.1) is 0 Å². The molecule has 6 nitrogen and oxygen atoms in total. The second kappa shape index (κ2) is 6.44. The molecule has 1 atom stereocenters. The first-order chi connectivity index (χ1) is 12.1. The normalized spacial score (nSPS) is 18.7. The molecule has 1 N–H and O–H groups in total. The number of piperidine rings is 1. The van der Waals surface area contributed by atoms with Gasteiger partial charge in [0.2, 0.25) is 0 Å². The second-order valence-electron chi connectivity index (χ2n) is 6.98. The number of rotatable bonds is 3. The number of nitrogens with one attached hydrogen (secondary N) is 1. The van der Waals surface area contributed by atoms with E-state index in [1.165, 1.54) is 23.8 Å². The van der Waals surface area contributed by atoms with E-state index in [0.717, 1.165) is 23.4 Å². The summed E-state index contributed by atoms with van der Waals surface area (Å²) in [6.45, 7) is 6.06. The van der Waals surface area contributed by atoms with E-state index in [4.69, 9.17) is 0 Å². The fourth-order valence-electron chi connectivity index (χ4n) is 3.53. The van der Waals surface area contributed by atoms with Gasteiger partial charge in [0.25, 0.3) is 11.3 Å². The molecule has 25 heavy (non-hydrogen) atoms. The maximum absolute atomic E-state index is 12.5. The molecule has 6 heteroatoms. The fraction of sp³-hybridized carbons (Fsp3) is 0.421. The van der Waals surface area contributed by atoms with Crippen LogP contribution in [-0.4, -0.2) is 37.1 Å². The summed E-state index contributed by atoms with van der Waals surface area (Å²) in [5, 5.41) is 3.06. The van der Waals surface area contributed by atoms with E-state index >= 15 is 0 Å². The molecule has 0 spiro atoms. The number of benzene rings is 1. The van der Waals surface area contributed by atoms with Gasteiger partial charge in [0.05, 0.1) is 5.69 Å². The lowest BCUT2D eigenvalue weighted by Crippen LogP contribution is -2.37. The number of aromatic nitrogens is 4. The standard InChI is InChI=1S/C19H23N5O/c1-13-6-5-8-15(10-13)18-21-19-20-16(11-17(25)24(19)22-18)12-23-9-4-3-7-14(23)2/h5-6,8,10-11,14H,3-4,7,9,12H2,1-2H3,(H,20,21,22)/t14-/m0/s1. The van der Waals surface area contributed by atoms with E-state index in [9.17, 15) is 4.79 Å². The van der Waals surface area contributed by atoms with Crippen LogP contribution >= 0.6 is 0 Å². The lowest BCUT2D eigenvalue weighted by atomic mass is 10.0. The van der Waals surface area contributed by atoms with E-state index in [0.29, 0.717) is 24.2 Å². The maximum Gasteiger partial charge on any atom is 0.274 e. The molecule has 1 aromatic carbocycles. The highest BCUT2D eigenvalue weighted by Crippen LogP contribution is 2.19. The zero-order chi connectivity index (χ0) is 17.4. The average Bonchev–Trinajstić information content (AvgIpc) is 3.02. The molecule has 3 heterocycles. The summed E-state index contributed by atoms with van der Waals surface area (Å²) in [5.41, 5.74) is 2.78. The van der Waals surface area contributed by atoms with Gasteiger partial charge in [0, 0.05) is 24.2 Å². The van der Waals surface area contributed by atoms with Crippen LogP contribution in [-0.2, 0) is 6.54 Å². The molecule has 1 saturated heterocycles. The van der Waals surface area contributed by atoms with Crippen molar-refractivity contribution in [1.82, 2.24) is 24.5 Å². The van der Waals surface area contributed by atoms with E-state index in [2.05, 4.69) is 26.9 Å². The van der Waals surface area contributed by atoms with E-state index in [1.807, 2.05) is 31.2 Å². The van der Waals surface area contributed by atoms with Crippen molar-refractivity contribution in [2.24, 2.45) is 0 Å². The second-order valence-corrected chi connectivity index (χ2v) is 6.98. The summed E-state index contributed by atoms with van der Waals surface area (Å²) in [6, 6.07) is 10.2. The number of nitrogens with zero attached hydrogens (tertiary/aromatic N) is 4. The minimum absolute atomic E-state index is 0.115. The summed E-state index contributed by atoms with van der Waals surface area (Å²) in [5.74, 6) is 1.10. The van der Waals surface area contributed by atoms with Crippen LogP contribution < -0.4 is 5.56 Å². The highest BCUT2D eigenvalue weighted by Gasteiger charge is 2.19. The van der Waals surface area contributed by atoms with Crippen LogP contribution in [0.5, 0.6) is 0 Å². The van der Waals surface area contributed by atoms with E-state index < -0.39 is 0 Å². The molecule has 1 aliphatic heterocycles. The Morgan fingerprint density at radius 1 is 1.24 bits per heavy atom. The van der Waals surface area contributed by atoms with Crippen LogP contribution in [0, 0.1) is 6.92 Å². The van der Waals surface area contributed by atoms with Crippen molar-refractivity contribution in [2.75, 3.05) is 6.54 Å². The Hall–Kier alpha value is -2.47. The Labute approximate surface area is 146 Å². The molecule has 2 aromatic heterocycles. The molecule has 0 unspecified atom stereocenters. The van der Waals surface area contributed by atoms with Crippen molar-refractivity contribution in [3.63, 3.8) is 0 Å². The van der Waals surface area contributed by atoms with Gasteiger partial charge in [-0.05, 0) is 39.3 Å². The van der Waals surface area contributed by atoms with Crippen LogP contribution in [0.1, 0.15) is 37.4 Å². The van der Waals surface area contributed by atoms with Gasteiger partial charge < -0.3 is 0 Å². The van der Waals surface area contributed by atoms with Crippen LogP contribution in [0.2, 0.25) is 0 Å². The zero-order valence-corrected chi connectivity index (χ0v) is 14.7. The topological polar surface area (TPSA) is 66.3 Å². The third-order valence-corrected chi connectivity index (χ3v) is 4.98. The molecule has 1 aliphatic rings. The summed E-state index contributed by atoms with van der Waals surface area (Å²) in [6.07, 6.45) is 3.71. The van der Waals surface area contributed by atoms with Gasteiger partial charge in [-0.1, -0.05) is 30.2 Å². The van der Waals surface area contributed by atoms with Gasteiger partial charge >= 0.3 is 0 Å². The molecule has 130 valence electrons. The van der Waals surface area contributed by atoms with Gasteiger partial charge in [0.15, 0.2) is 5.82 Å². The fourth-order valence-corrected chi connectivity index (χ4v) is 3.53. The third-order valence-electron chi connectivity index (χ3n) is 4.98. The first kappa shape index (κ1) is 16.0. The molecular weight excluding hydrogens is 314 g/mol. The minimum atomic E-state index is -0.115. The molecule has 0 saturated carbocycles. The lowest BCUT2D eigenvalue weighted by molar-refractivity contribution is 0.151. The van der Waals surface area contributed by atoms with Crippen LogP contribution in [0.3, 0.4) is 0 Å². The lowest BCUT2D eigenvalue weighted by Gasteiger charge is -2.32. The molecule has 0 amide bonds. The molecule has 4 rings (SSSR count). The predicted octanol–water partition coefficient (Wildman–Crippen LogP) is 2.77. The summed E-state index contributed by atoms with van der Waals surface area (Å²) >= 11 is 0. The highest BCUT2D eigenvalue weighted by atomic mass is 16.1. The first-order valence-electron chi connectivity index (χ1n) is 8.90. The maximum atomic E-state index is 12.5. The van der Waals surface area contributed by atoms with Crippen molar-refractivity contribution >= 4 is 5.78 Å². The molecule has 1 fully saturated rings. The Morgan fingerprint density at radius 3 is 2.92 bits per heavy atom. The number of fused-ring (bicyclic) bond motifs is 1. The Balaban J connectivity index is 1.68. The van der Waals surface area contributed by atoms with Crippen molar-refractivity contribution in [1.29, 1.82) is 0 Å². The van der Waals surface area contributed by atoms with Crippen LogP contribution in [0.25, 0.3) is 17.2 Å². The molecule has 0 aliphatic carbocycles. The smallest absolute Gasteiger partial charge is 0.274 e. The monoisotopic (exact) mass is 337 g/mol. The van der Waals surface area contributed by atoms with Crippen LogP contribution in [0.4, 0.5) is 0 Å². The number of aromatic amines is 1. The summed E-state index contributed by atoms with van der Waals surface area (Å²) in [4.78, 5) is 24.0. The van der Waals surface area contributed by atoms with E-state index in [-0.39, 0.29) is 5.56 Å². The van der Waals surface area contributed by atoms with Crippen molar-refractivity contribution in [3.8, 4) is 11.4 Å². The number of aryl methyl sites for hydroxylation is 1. The van der Waals surface area contributed by atoms with Crippen molar-refractivity contribution < 1.29 is 0 Å². The molecule has 0 bridgehead atoms. The SMILES string of the molecule is Cc1cccc(-c2nc3nc(CN4CCCC[C@@H]4C)cc(=O)n3[nH]2)c1. The largest absolute Gasteiger partial charge is 0.295 e. The quantitative estimate of drug-likeness (QED) is 0.798. The third kappa shape index (κ3) is 3.22. The van der Waals surface area contributed by atoms with Crippen molar-refractivity contribution in [3.05, 3.63) is 51.9 Å². The molecular formula is C19H23N5O. The number of hydrogen-bond donors (Lipinski definition) is 1. The van der Waals surface area contributed by atoms with Gasteiger partial charge in [-0.25, -0.2) is 4.98 Å². The van der Waals surface area contributed by atoms with Crippen molar-refractivity contribution in [2.45, 2.75) is 45.7 Å².